The summed E-state index contributed by atoms with van der Waals surface area (Å²) in [6, 6.07) is 11.5. The fraction of sp³-hybridized carbons (Fsp3) is 0.150. The molecular formula is C20H19ClN4O. The fourth-order valence-electron chi connectivity index (χ4n) is 2.61. The Bertz CT molecular complexity index is 931. The molecule has 3 aromatic rings. The van der Waals surface area contributed by atoms with Crippen LogP contribution in [0.4, 0.5) is 17.2 Å². The highest BCUT2D eigenvalue weighted by molar-refractivity contribution is 6.33. The maximum atomic E-state index is 12.3. The van der Waals surface area contributed by atoms with E-state index in [1.165, 1.54) is 12.4 Å². The molecule has 0 fully saturated rings. The average Bonchev–Trinajstić information content (AvgIpc) is 2.60. The highest BCUT2D eigenvalue weighted by Gasteiger charge is 2.11. The van der Waals surface area contributed by atoms with Crippen LogP contribution in [-0.2, 0) is 0 Å². The molecule has 0 bridgehead atoms. The van der Waals surface area contributed by atoms with Gasteiger partial charge < -0.3 is 10.6 Å². The molecule has 26 heavy (non-hydrogen) atoms. The van der Waals surface area contributed by atoms with Crippen LogP contribution in [0, 0.1) is 20.8 Å². The molecule has 0 aliphatic rings. The molecule has 1 amide bonds. The summed E-state index contributed by atoms with van der Waals surface area (Å²) in [5.41, 5.74) is 4.86. The van der Waals surface area contributed by atoms with Gasteiger partial charge in [0, 0.05) is 5.69 Å². The highest BCUT2D eigenvalue weighted by Crippen LogP contribution is 2.29. The van der Waals surface area contributed by atoms with E-state index in [-0.39, 0.29) is 11.6 Å². The number of para-hydroxylation sites is 1. The normalized spacial score (nSPS) is 10.5. The monoisotopic (exact) mass is 366 g/mol. The van der Waals surface area contributed by atoms with E-state index in [9.17, 15) is 4.79 Å². The van der Waals surface area contributed by atoms with E-state index in [1.807, 2.05) is 57.2 Å². The van der Waals surface area contributed by atoms with Crippen LogP contribution in [0.15, 0.2) is 48.8 Å². The number of nitrogens with zero attached hydrogens (tertiary/aromatic N) is 2. The third-order valence-corrected chi connectivity index (χ3v) is 4.26. The van der Waals surface area contributed by atoms with Crippen LogP contribution in [0.25, 0.3) is 0 Å². The van der Waals surface area contributed by atoms with Crippen LogP contribution in [0.5, 0.6) is 0 Å². The third-order valence-electron chi connectivity index (χ3n) is 3.96. The number of benzene rings is 2. The summed E-state index contributed by atoms with van der Waals surface area (Å²) >= 11 is 6.30. The van der Waals surface area contributed by atoms with Gasteiger partial charge in [-0.2, -0.15) is 0 Å². The molecule has 6 heteroatoms. The first kappa shape index (κ1) is 17.9. The van der Waals surface area contributed by atoms with Crippen molar-refractivity contribution < 1.29 is 4.79 Å². The van der Waals surface area contributed by atoms with Crippen molar-refractivity contribution >= 4 is 34.7 Å². The number of hydrogen-bond acceptors (Lipinski definition) is 4. The lowest BCUT2D eigenvalue weighted by Gasteiger charge is -2.12. The first-order chi connectivity index (χ1) is 12.4. The van der Waals surface area contributed by atoms with Gasteiger partial charge in [0.05, 0.1) is 23.1 Å². The van der Waals surface area contributed by atoms with Gasteiger partial charge >= 0.3 is 0 Å². The second kappa shape index (κ2) is 7.54. The molecule has 0 saturated carbocycles. The van der Waals surface area contributed by atoms with Gasteiger partial charge in [0.25, 0.3) is 5.91 Å². The maximum Gasteiger partial charge on any atom is 0.275 e. The average molecular weight is 367 g/mol. The molecule has 0 saturated heterocycles. The summed E-state index contributed by atoms with van der Waals surface area (Å²) in [6.45, 7) is 5.89. The van der Waals surface area contributed by atoms with Crippen LogP contribution in [0.1, 0.15) is 27.2 Å². The molecule has 0 aliphatic carbocycles. The number of hydrogen-bond donors (Lipinski definition) is 2. The Labute approximate surface area is 157 Å². The lowest BCUT2D eigenvalue weighted by atomic mass is 10.1. The summed E-state index contributed by atoms with van der Waals surface area (Å²) < 4.78 is 0. The van der Waals surface area contributed by atoms with Crippen molar-refractivity contribution in [1.82, 2.24) is 9.97 Å². The zero-order chi connectivity index (χ0) is 18.7. The number of rotatable bonds is 4. The van der Waals surface area contributed by atoms with Crippen molar-refractivity contribution in [3.8, 4) is 0 Å². The molecule has 2 aromatic carbocycles. The van der Waals surface area contributed by atoms with Crippen LogP contribution in [0.3, 0.4) is 0 Å². The van der Waals surface area contributed by atoms with E-state index in [1.54, 1.807) is 0 Å². The van der Waals surface area contributed by atoms with Gasteiger partial charge in [-0.1, -0.05) is 35.9 Å². The van der Waals surface area contributed by atoms with Crippen molar-refractivity contribution in [1.29, 1.82) is 0 Å². The second-order valence-electron chi connectivity index (χ2n) is 6.12. The van der Waals surface area contributed by atoms with Gasteiger partial charge in [-0.25, -0.2) is 9.97 Å². The van der Waals surface area contributed by atoms with Gasteiger partial charge in [0.15, 0.2) is 0 Å². The molecule has 0 unspecified atom stereocenters. The lowest BCUT2D eigenvalue weighted by molar-refractivity contribution is 0.102. The Hall–Kier alpha value is -2.92. The van der Waals surface area contributed by atoms with Gasteiger partial charge in [0.2, 0.25) is 0 Å². The van der Waals surface area contributed by atoms with Crippen LogP contribution < -0.4 is 10.6 Å². The predicted octanol–water partition coefficient (Wildman–Crippen LogP) is 5.05. The topological polar surface area (TPSA) is 66.9 Å². The molecule has 0 atom stereocenters. The minimum absolute atomic E-state index is 0.241. The molecule has 1 heterocycles. The number of aromatic nitrogens is 2. The number of carbonyl (C=O) groups excluding carboxylic acids is 1. The number of amides is 1. The lowest BCUT2D eigenvalue weighted by Crippen LogP contribution is -2.15. The molecular weight excluding hydrogens is 348 g/mol. The van der Waals surface area contributed by atoms with Crippen LogP contribution in [0.2, 0.25) is 5.02 Å². The first-order valence-electron chi connectivity index (χ1n) is 8.17. The minimum atomic E-state index is -0.303. The SMILES string of the molecule is Cc1cc(C)c(Nc2cnc(C(=O)Nc3ccccc3C)cn2)c(Cl)c1. The van der Waals surface area contributed by atoms with Crippen molar-refractivity contribution in [2.24, 2.45) is 0 Å². The first-order valence-corrected chi connectivity index (χ1v) is 8.54. The number of halogens is 1. The van der Waals surface area contributed by atoms with Crippen LogP contribution in [-0.4, -0.2) is 15.9 Å². The molecule has 132 valence electrons. The summed E-state index contributed by atoms with van der Waals surface area (Å²) in [5.74, 6) is 0.217. The van der Waals surface area contributed by atoms with Gasteiger partial charge in [0.1, 0.15) is 11.5 Å². The van der Waals surface area contributed by atoms with Gasteiger partial charge in [-0.3, -0.25) is 4.79 Å². The molecule has 1 aromatic heterocycles. The Morgan fingerprint density at radius 2 is 1.77 bits per heavy atom. The fourth-order valence-corrected chi connectivity index (χ4v) is 2.98. The molecule has 3 rings (SSSR count). The van der Waals surface area contributed by atoms with Crippen molar-refractivity contribution in [2.75, 3.05) is 10.6 Å². The predicted molar refractivity (Wildman–Crippen MR) is 105 cm³/mol. The summed E-state index contributed by atoms with van der Waals surface area (Å²) in [4.78, 5) is 20.8. The highest BCUT2D eigenvalue weighted by atomic mass is 35.5. The second-order valence-corrected chi connectivity index (χ2v) is 6.53. The van der Waals surface area contributed by atoms with E-state index >= 15 is 0 Å². The number of carbonyl (C=O) groups is 1. The van der Waals surface area contributed by atoms with E-state index in [0.29, 0.717) is 10.8 Å². The van der Waals surface area contributed by atoms with Crippen molar-refractivity contribution in [2.45, 2.75) is 20.8 Å². The smallest absolute Gasteiger partial charge is 0.275 e. The molecule has 2 N–H and O–H groups in total. The van der Waals surface area contributed by atoms with E-state index in [4.69, 9.17) is 11.6 Å². The van der Waals surface area contributed by atoms with Gasteiger partial charge in [-0.05, 0) is 49.6 Å². The van der Waals surface area contributed by atoms with E-state index in [2.05, 4.69) is 20.6 Å². The zero-order valence-corrected chi connectivity index (χ0v) is 15.6. The Kier molecular flexibility index (Phi) is 5.19. The third kappa shape index (κ3) is 4.00. The van der Waals surface area contributed by atoms with E-state index in [0.717, 1.165) is 28.1 Å². The van der Waals surface area contributed by atoms with Crippen molar-refractivity contribution in [3.63, 3.8) is 0 Å². The quantitative estimate of drug-likeness (QED) is 0.678. The number of nitrogens with one attached hydrogen (secondary N) is 2. The minimum Gasteiger partial charge on any atom is -0.338 e. The Morgan fingerprint density at radius 1 is 1.00 bits per heavy atom. The Balaban J connectivity index is 1.75. The summed E-state index contributed by atoms with van der Waals surface area (Å²) in [7, 11) is 0. The van der Waals surface area contributed by atoms with Crippen molar-refractivity contribution in [3.05, 3.63) is 76.2 Å². The molecule has 5 nitrogen and oxygen atoms in total. The summed E-state index contributed by atoms with van der Waals surface area (Å²) in [5, 5.41) is 6.61. The molecule has 0 spiro atoms. The number of aryl methyl sites for hydroxylation is 3. The molecule has 0 aliphatic heterocycles. The molecule has 0 radical (unpaired) electrons. The standard InChI is InChI=1S/C20H19ClN4O/c1-12-8-14(3)19(15(21)9-12)25-18-11-22-17(10-23-18)20(26)24-16-7-5-4-6-13(16)2/h4-11H,1-3H3,(H,23,25)(H,24,26). The van der Waals surface area contributed by atoms with Gasteiger partial charge in [-0.15, -0.1) is 0 Å². The largest absolute Gasteiger partial charge is 0.338 e. The summed E-state index contributed by atoms with van der Waals surface area (Å²) in [6.07, 6.45) is 2.95. The van der Waals surface area contributed by atoms with E-state index < -0.39 is 0 Å². The maximum absolute atomic E-state index is 12.3. The Morgan fingerprint density at radius 3 is 2.42 bits per heavy atom. The number of anilines is 3. The van der Waals surface area contributed by atoms with Crippen LogP contribution >= 0.6 is 11.6 Å². The zero-order valence-electron chi connectivity index (χ0n) is 14.8.